The number of ether oxygens (including phenoxy) is 3. The fraction of sp³-hybridized carbons (Fsp3) is 0.200. The number of amides is 1. The summed E-state index contributed by atoms with van der Waals surface area (Å²) in [6.45, 7) is -0.283. The molecule has 0 aliphatic heterocycles. The molecule has 0 atom stereocenters. The molecule has 0 aromatic heterocycles. The Labute approximate surface area is 239 Å². The van der Waals surface area contributed by atoms with E-state index in [4.69, 9.17) is 37.4 Å². The maximum absolute atomic E-state index is 12.5. The molecule has 0 unspecified atom stereocenters. The van der Waals surface area contributed by atoms with E-state index in [0.29, 0.717) is 32.3 Å². The number of carbonyl (C=O) groups is 1. The molecule has 0 aliphatic rings. The number of nitrogens with one attached hydrogen (secondary N) is 1. The van der Waals surface area contributed by atoms with Crippen LogP contribution in [0.4, 0.5) is 5.69 Å². The zero-order chi connectivity index (χ0) is 27.9. The van der Waals surface area contributed by atoms with Gasteiger partial charge in [-0.25, -0.2) is 13.8 Å². The summed E-state index contributed by atoms with van der Waals surface area (Å²) in [4.78, 5) is 12.5. The molecule has 202 valence electrons. The number of methoxy groups -OCH3 is 2. The monoisotopic (exact) mass is 643 g/mol. The van der Waals surface area contributed by atoms with Crippen molar-refractivity contribution in [1.29, 1.82) is 0 Å². The van der Waals surface area contributed by atoms with Crippen LogP contribution in [-0.2, 0) is 21.4 Å². The van der Waals surface area contributed by atoms with Gasteiger partial charge >= 0.3 is 0 Å². The minimum absolute atomic E-state index is 0.205. The van der Waals surface area contributed by atoms with E-state index < -0.39 is 22.5 Å². The third-order valence-corrected chi connectivity index (χ3v) is 7.49. The summed E-state index contributed by atoms with van der Waals surface area (Å²) in [5, 5.41) is 4.73. The van der Waals surface area contributed by atoms with Crippen molar-refractivity contribution in [3.63, 3.8) is 0 Å². The Bertz CT molecular complexity index is 1450. The van der Waals surface area contributed by atoms with Gasteiger partial charge in [-0.05, 0) is 57.9 Å². The molecule has 0 spiro atoms. The van der Waals surface area contributed by atoms with Crippen LogP contribution < -0.4 is 23.9 Å². The number of rotatable bonds is 11. The number of hydrogen-bond acceptors (Lipinski definition) is 7. The van der Waals surface area contributed by atoms with Gasteiger partial charge in [0, 0.05) is 10.6 Å². The van der Waals surface area contributed by atoms with E-state index in [-0.39, 0.29) is 17.3 Å². The Morgan fingerprint density at radius 2 is 1.76 bits per heavy atom. The molecule has 0 bridgehead atoms. The molecule has 1 amide bonds. The highest BCUT2D eigenvalue weighted by atomic mass is 79.9. The van der Waals surface area contributed by atoms with Crippen LogP contribution in [0, 0.1) is 0 Å². The fourth-order valence-electron chi connectivity index (χ4n) is 3.27. The van der Waals surface area contributed by atoms with Gasteiger partial charge in [-0.3, -0.25) is 9.10 Å². The van der Waals surface area contributed by atoms with Crippen LogP contribution in [0.1, 0.15) is 11.1 Å². The summed E-state index contributed by atoms with van der Waals surface area (Å²) in [6.07, 6.45) is 2.37. The summed E-state index contributed by atoms with van der Waals surface area (Å²) in [7, 11) is -0.859. The third kappa shape index (κ3) is 7.76. The van der Waals surface area contributed by atoms with Crippen LogP contribution >= 0.6 is 39.1 Å². The number of nitrogens with zero attached hydrogens (tertiary/aromatic N) is 2. The Morgan fingerprint density at radius 1 is 1.05 bits per heavy atom. The molecule has 0 aliphatic carbocycles. The van der Waals surface area contributed by atoms with Crippen molar-refractivity contribution >= 4 is 67.0 Å². The largest absolute Gasteiger partial charge is 0.495 e. The molecule has 0 saturated carbocycles. The smallest absolute Gasteiger partial charge is 0.260 e. The van der Waals surface area contributed by atoms with E-state index in [0.717, 1.165) is 16.1 Å². The van der Waals surface area contributed by atoms with Crippen LogP contribution in [0.5, 0.6) is 17.2 Å². The number of hydrazone groups is 1. The molecular weight excluding hydrogens is 621 g/mol. The first-order chi connectivity index (χ1) is 18.0. The van der Waals surface area contributed by atoms with E-state index in [1.807, 2.05) is 18.2 Å². The van der Waals surface area contributed by atoms with Crippen molar-refractivity contribution < 1.29 is 27.4 Å². The summed E-state index contributed by atoms with van der Waals surface area (Å²) in [5.41, 5.74) is 3.94. The van der Waals surface area contributed by atoms with Gasteiger partial charge in [-0.2, -0.15) is 5.10 Å². The Balaban J connectivity index is 1.70. The number of sulfonamides is 1. The first-order valence-corrected chi connectivity index (χ1v) is 14.3. The molecule has 0 heterocycles. The summed E-state index contributed by atoms with van der Waals surface area (Å²) >= 11 is 15.8. The minimum atomic E-state index is -3.80. The van der Waals surface area contributed by atoms with Crippen molar-refractivity contribution in [3.05, 3.63) is 80.2 Å². The zero-order valence-corrected chi connectivity index (χ0v) is 24.5. The Morgan fingerprint density at radius 3 is 2.39 bits per heavy atom. The summed E-state index contributed by atoms with van der Waals surface area (Å²) in [6, 6.07) is 15.1. The molecule has 0 radical (unpaired) electrons. The standard InChI is InChI=1S/C25H24BrCl2N3O6S/c1-35-22-9-8-18(12-21(22)28)31(38(3,33)34)14-24(32)30-29-13-16-10-19(26)25(23(11-16)36-2)37-15-17-6-4-5-7-20(17)27/h4-13H,14-15H2,1-3H3,(H,30,32)/b29-13-. The SMILES string of the molecule is COc1ccc(N(CC(=O)N/N=C\c2cc(Br)c(OCc3ccccc3Cl)c(OC)c2)S(C)(=O)=O)cc1Cl. The lowest BCUT2D eigenvalue weighted by atomic mass is 10.2. The number of benzene rings is 3. The third-order valence-electron chi connectivity index (χ3n) is 5.10. The van der Waals surface area contributed by atoms with E-state index in [9.17, 15) is 13.2 Å². The highest BCUT2D eigenvalue weighted by molar-refractivity contribution is 9.10. The maximum Gasteiger partial charge on any atom is 0.260 e. The average Bonchev–Trinajstić information content (AvgIpc) is 2.86. The van der Waals surface area contributed by atoms with Crippen molar-refractivity contribution in [1.82, 2.24) is 5.43 Å². The van der Waals surface area contributed by atoms with Gasteiger partial charge in [0.25, 0.3) is 5.91 Å². The van der Waals surface area contributed by atoms with Crippen LogP contribution in [0.15, 0.2) is 64.2 Å². The predicted molar refractivity (Wildman–Crippen MR) is 152 cm³/mol. The van der Waals surface area contributed by atoms with Crippen molar-refractivity contribution in [2.24, 2.45) is 5.10 Å². The number of halogens is 3. The fourth-order valence-corrected chi connectivity index (χ4v) is 5.14. The molecule has 3 aromatic rings. The Hall–Kier alpha value is -2.99. The molecule has 1 N–H and O–H groups in total. The van der Waals surface area contributed by atoms with E-state index in [1.165, 1.54) is 38.6 Å². The molecule has 3 rings (SSSR count). The van der Waals surface area contributed by atoms with Gasteiger partial charge in [0.05, 0.1) is 41.9 Å². The molecule has 3 aromatic carbocycles. The Kier molecular flexibility index (Phi) is 10.3. The van der Waals surface area contributed by atoms with E-state index in [2.05, 4.69) is 26.5 Å². The van der Waals surface area contributed by atoms with Gasteiger partial charge in [-0.15, -0.1) is 0 Å². The van der Waals surface area contributed by atoms with Gasteiger partial charge in [0.1, 0.15) is 18.9 Å². The van der Waals surface area contributed by atoms with Gasteiger partial charge < -0.3 is 14.2 Å². The lowest BCUT2D eigenvalue weighted by molar-refractivity contribution is -0.119. The second-order valence-electron chi connectivity index (χ2n) is 7.80. The van der Waals surface area contributed by atoms with E-state index >= 15 is 0 Å². The van der Waals surface area contributed by atoms with Gasteiger partial charge in [0.15, 0.2) is 11.5 Å². The minimum Gasteiger partial charge on any atom is -0.495 e. The summed E-state index contributed by atoms with van der Waals surface area (Å²) in [5.74, 6) is 0.610. The van der Waals surface area contributed by atoms with Crippen LogP contribution in [0.2, 0.25) is 10.0 Å². The zero-order valence-electron chi connectivity index (χ0n) is 20.6. The highest BCUT2D eigenvalue weighted by Gasteiger charge is 2.22. The molecular formula is C25H24BrCl2N3O6S. The second kappa shape index (κ2) is 13.2. The average molecular weight is 645 g/mol. The quantitative estimate of drug-likeness (QED) is 0.225. The molecule has 13 heteroatoms. The predicted octanol–water partition coefficient (Wildman–Crippen LogP) is 5.27. The number of hydrogen-bond donors (Lipinski definition) is 1. The summed E-state index contributed by atoms with van der Waals surface area (Å²) < 4.78 is 42.6. The molecule has 0 saturated heterocycles. The number of carbonyl (C=O) groups excluding carboxylic acids is 1. The molecule has 9 nitrogen and oxygen atoms in total. The molecule has 38 heavy (non-hydrogen) atoms. The van der Waals surface area contributed by atoms with Crippen LogP contribution in [-0.4, -0.2) is 47.6 Å². The van der Waals surface area contributed by atoms with Crippen molar-refractivity contribution in [2.45, 2.75) is 6.61 Å². The first kappa shape index (κ1) is 29.6. The normalized spacial score (nSPS) is 11.3. The van der Waals surface area contributed by atoms with Crippen molar-refractivity contribution in [2.75, 3.05) is 31.3 Å². The lowest BCUT2D eigenvalue weighted by Crippen LogP contribution is -2.39. The first-order valence-electron chi connectivity index (χ1n) is 10.9. The number of anilines is 1. The van der Waals surface area contributed by atoms with Crippen LogP contribution in [0.3, 0.4) is 0 Å². The van der Waals surface area contributed by atoms with Crippen molar-refractivity contribution in [3.8, 4) is 17.2 Å². The lowest BCUT2D eigenvalue weighted by Gasteiger charge is -2.22. The second-order valence-corrected chi connectivity index (χ2v) is 11.4. The topological polar surface area (TPSA) is 107 Å². The van der Waals surface area contributed by atoms with Crippen LogP contribution in [0.25, 0.3) is 0 Å². The molecule has 0 fully saturated rings. The highest BCUT2D eigenvalue weighted by Crippen LogP contribution is 2.37. The maximum atomic E-state index is 12.5. The van der Waals surface area contributed by atoms with Gasteiger partial charge in [0.2, 0.25) is 10.0 Å². The van der Waals surface area contributed by atoms with E-state index in [1.54, 1.807) is 18.2 Å². The van der Waals surface area contributed by atoms with Gasteiger partial charge in [-0.1, -0.05) is 41.4 Å².